The number of carbonyl (C=O) groups excluding carboxylic acids is 2. The van der Waals surface area contributed by atoms with Crippen molar-refractivity contribution in [3.8, 4) is 6.07 Å². The summed E-state index contributed by atoms with van der Waals surface area (Å²) in [5.74, 6) is -1.60. The Morgan fingerprint density at radius 3 is 2.40 bits per heavy atom. The Morgan fingerprint density at radius 2 is 1.74 bits per heavy atom. The third-order valence-corrected chi connectivity index (χ3v) is 8.07. The van der Waals surface area contributed by atoms with Crippen LogP contribution in [0.5, 0.6) is 0 Å². The highest BCUT2D eigenvalue weighted by atomic mass is 19.1. The molecule has 0 unspecified atom stereocenters. The lowest BCUT2D eigenvalue weighted by atomic mass is 9.89. The topological polar surface area (TPSA) is 73.6 Å². The number of hydrogen-bond acceptors (Lipinski definition) is 4. The van der Waals surface area contributed by atoms with Crippen molar-refractivity contribution in [2.75, 3.05) is 13.1 Å². The van der Waals surface area contributed by atoms with Gasteiger partial charge in [-0.2, -0.15) is 5.26 Å². The lowest BCUT2D eigenvalue weighted by molar-refractivity contribution is -0.142. The molecule has 0 N–H and O–H groups in total. The van der Waals surface area contributed by atoms with Gasteiger partial charge in [0.1, 0.15) is 17.9 Å². The summed E-state index contributed by atoms with van der Waals surface area (Å²) in [6.45, 7) is 0.746. The van der Waals surface area contributed by atoms with Gasteiger partial charge in [-0.1, -0.05) is 12.1 Å². The van der Waals surface area contributed by atoms with Crippen LogP contribution in [-0.4, -0.2) is 46.5 Å². The molecule has 1 spiro atoms. The number of hydrogen-bond donors (Lipinski definition) is 0. The lowest BCUT2D eigenvalue weighted by Crippen LogP contribution is -2.51. The third kappa shape index (κ3) is 3.52. The summed E-state index contributed by atoms with van der Waals surface area (Å²) >= 11 is 0. The Kier molecular flexibility index (Phi) is 4.98. The summed E-state index contributed by atoms with van der Waals surface area (Å²) in [6, 6.07) is 12.6. The number of ether oxygens (including phenoxy) is 1. The van der Waals surface area contributed by atoms with Gasteiger partial charge in [0.05, 0.1) is 17.5 Å². The minimum Gasteiger partial charge on any atom is -0.342 e. The zero-order chi connectivity index (χ0) is 24.4. The van der Waals surface area contributed by atoms with E-state index in [4.69, 9.17) is 4.74 Å². The molecule has 6 rings (SSSR count). The lowest BCUT2D eigenvalue weighted by Gasteiger charge is -2.37. The van der Waals surface area contributed by atoms with Gasteiger partial charge in [-0.25, -0.2) is 8.78 Å². The predicted molar refractivity (Wildman–Crippen MR) is 121 cm³/mol. The number of carbonyl (C=O) groups is 2. The molecule has 6 nitrogen and oxygen atoms in total. The minimum absolute atomic E-state index is 0.116. The predicted octanol–water partition coefficient (Wildman–Crippen LogP) is 4.21. The van der Waals surface area contributed by atoms with Crippen LogP contribution in [0.25, 0.3) is 0 Å². The van der Waals surface area contributed by atoms with Gasteiger partial charge in [0.15, 0.2) is 5.60 Å². The standard InChI is InChI=1S/C27H25F2N3O3/c28-20-13-18(14-21(29)15-20)22-4-5-23-32(22)25(34)27(35-23)8-10-31(11-9-27)24(33)17-2-1-3-19(12-17)26(16-30)6-7-26/h1-3,12-15,22-23H,4-11H2/t22-,23+/m0/s1. The van der Waals surface area contributed by atoms with Crippen LogP contribution in [0.15, 0.2) is 42.5 Å². The molecule has 2 amide bonds. The van der Waals surface area contributed by atoms with Crippen LogP contribution in [0, 0.1) is 23.0 Å². The number of benzene rings is 2. The molecule has 2 aromatic rings. The van der Waals surface area contributed by atoms with Gasteiger partial charge < -0.3 is 14.5 Å². The molecule has 3 saturated heterocycles. The molecule has 180 valence electrons. The molecule has 1 aliphatic carbocycles. The summed E-state index contributed by atoms with van der Waals surface area (Å²) in [5, 5.41) is 9.48. The van der Waals surface area contributed by atoms with Gasteiger partial charge in [-0.3, -0.25) is 9.59 Å². The molecule has 4 aliphatic rings. The molecule has 8 heteroatoms. The second-order valence-corrected chi connectivity index (χ2v) is 10.1. The summed E-state index contributed by atoms with van der Waals surface area (Å²) in [4.78, 5) is 30.1. The van der Waals surface area contributed by atoms with E-state index in [1.54, 1.807) is 15.9 Å². The van der Waals surface area contributed by atoms with E-state index >= 15 is 0 Å². The molecule has 1 saturated carbocycles. The number of nitriles is 1. The average molecular weight is 478 g/mol. The molecule has 3 heterocycles. The van der Waals surface area contributed by atoms with Crippen molar-refractivity contribution in [1.29, 1.82) is 5.26 Å². The van der Waals surface area contributed by atoms with E-state index in [1.165, 1.54) is 12.1 Å². The second kappa shape index (κ2) is 7.85. The Hall–Kier alpha value is -3.31. The summed E-state index contributed by atoms with van der Waals surface area (Å²) in [7, 11) is 0. The van der Waals surface area contributed by atoms with Crippen LogP contribution >= 0.6 is 0 Å². The van der Waals surface area contributed by atoms with Crippen LogP contribution in [0.2, 0.25) is 0 Å². The summed E-state index contributed by atoms with van der Waals surface area (Å²) in [5.41, 5.74) is 0.408. The van der Waals surface area contributed by atoms with Crippen LogP contribution in [0.4, 0.5) is 8.78 Å². The Labute approximate surface area is 202 Å². The van der Waals surface area contributed by atoms with Crippen LogP contribution in [0.3, 0.4) is 0 Å². The number of piperidine rings is 1. The smallest absolute Gasteiger partial charge is 0.257 e. The van der Waals surface area contributed by atoms with Gasteiger partial charge in [0, 0.05) is 37.6 Å². The monoisotopic (exact) mass is 477 g/mol. The first-order chi connectivity index (χ1) is 16.8. The number of fused-ring (bicyclic) bond motifs is 1. The van der Waals surface area contributed by atoms with Crippen molar-refractivity contribution in [2.45, 2.75) is 61.8 Å². The molecular weight excluding hydrogens is 452 g/mol. The van der Waals surface area contributed by atoms with Crippen molar-refractivity contribution in [3.05, 3.63) is 70.8 Å². The molecule has 0 radical (unpaired) electrons. The van der Waals surface area contributed by atoms with E-state index in [-0.39, 0.29) is 11.8 Å². The zero-order valence-electron chi connectivity index (χ0n) is 19.2. The maximum atomic E-state index is 13.8. The van der Waals surface area contributed by atoms with Crippen molar-refractivity contribution < 1.29 is 23.1 Å². The Morgan fingerprint density at radius 1 is 1.03 bits per heavy atom. The molecule has 3 aliphatic heterocycles. The van der Waals surface area contributed by atoms with Crippen LogP contribution < -0.4 is 0 Å². The van der Waals surface area contributed by atoms with Crippen LogP contribution in [0.1, 0.15) is 66.1 Å². The van der Waals surface area contributed by atoms with Gasteiger partial charge >= 0.3 is 0 Å². The van der Waals surface area contributed by atoms with Gasteiger partial charge in [-0.05, 0) is 61.1 Å². The first-order valence-corrected chi connectivity index (χ1v) is 12.1. The van der Waals surface area contributed by atoms with Gasteiger partial charge in [0.2, 0.25) is 0 Å². The number of likely N-dealkylation sites (tertiary alicyclic amines) is 1. The molecular formula is C27H25F2N3O3. The van der Waals surface area contributed by atoms with E-state index in [1.807, 2.05) is 18.2 Å². The largest absolute Gasteiger partial charge is 0.342 e. The summed E-state index contributed by atoms with van der Waals surface area (Å²) < 4.78 is 33.9. The molecule has 2 aromatic carbocycles. The number of rotatable bonds is 3. The Bertz CT molecular complexity index is 1240. The molecule has 0 aromatic heterocycles. The highest BCUT2D eigenvalue weighted by molar-refractivity contribution is 5.95. The molecule has 35 heavy (non-hydrogen) atoms. The van der Waals surface area contributed by atoms with Crippen molar-refractivity contribution in [2.24, 2.45) is 0 Å². The highest BCUT2D eigenvalue weighted by Crippen LogP contribution is 2.49. The van der Waals surface area contributed by atoms with E-state index in [9.17, 15) is 23.6 Å². The van der Waals surface area contributed by atoms with Crippen molar-refractivity contribution in [1.82, 2.24) is 9.80 Å². The minimum atomic E-state index is -1.01. The first kappa shape index (κ1) is 22.2. The number of amides is 2. The highest BCUT2D eigenvalue weighted by Gasteiger charge is 2.58. The third-order valence-electron chi connectivity index (χ3n) is 8.07. The van der Waals surface area contributed by atoms with Gasteiger partial charge in [0.25, 0.3) is 11.8 Å². The maximum Gasteiger partial charge on any atom is 0.257 e. The van der Waals surface area contributed by atoms with Crippen LogP contribution in [-0.2, 0) is 14.9 Å². The SMILES string of the molecule is N#CC1(c2cccc(C(=O)N3CCC4(CC3)O[C@@H]3CC[C@@H](c5cc(F)cc(F)c5)N3C4=O)c2)CC1. The van der Waals surface area contributed by atoms with E-state index in [0.29, 0.717) is 49.9 Å². The van der Waals surface area contributed by atoms with E-state index in [0.717, 1.165) is 24.5 Å². The maximum absolute atomic E-state index is 13.8. The Balaban J connectivity index is 1.16. The molecule has 4 fully saturated rings. The van der Waals surface area contributed by atoms with Gasteiger partial charge in [-0.15, -0.1) is 0 Å². The quantitative estimate of drug-likeness (QED) is 0.664. The summed E-state index contributed by atoms with van der Waals surface area (Å²) in [6.07, 6.45) is 3.14. The number of nitrogens with zero attached hydrogens (tertiary/aromatic N) is 3. The van der Waals surface area contributed by atoms with E-state index in [2.05, 4.69) is 6.07 Å². The molecule has 2 atom stereocenters. The van der Waals surface area contributed by atoms with E-state index < -0.39 is 34.9 Å². The number of halogens is 2. The molecule has 0 bridgehead atoms. The average Bonchev–Trinajstić information content (AvgIpc) is 3.49. The first-order valence-electron chi connectivity index (χ1n) is 12.1. The van der Waals surface area contributed by atoms with Crippen molar-refractivity contribution >= 4 is 11.8 Å². The fourth-order valence-corrected chi connectivity index (χ4v) is 5.93. The second-order valence-electron chi connectivity index (χ2n) is 10.1. The fourth-order valence-electron chi connectivity index (χ4n) is 5.93. The zero-order valence-corrected chi connectivity index (χ0v) is 19.2. The normalized spacial score (nSPS) is 26.0. The fraction of sp³-hybridized carbons (Fsp3) is 0.444. The van der Waals surface area contributed by atoms with Crippen molar-refractivity contribution in [3.63, 3.8) is 0 Å².